The van der Waals surface area contributed by atoms with Gasteiger partial charge in [-0.1, -0.05) is 0 Å². The fourth-order valence-electron chi connectivity index (χ4n) is 0.497. The van der Waals surface area contributed by atoms with E-state index >= 15 is 0 Å². The van der Waals surface area contributed by atoms with E-state index in [9.17, 15) is 4.79 Å². The van der Waals surface area contributed by atoms with Gasteiger partial charge in [0.25, 0.3) is 0 Å². The van der Waals surface area contributed by atoms with Crippen molar-refractivity contribution in [3.05, 3.63) is 0 Å². The summed E-state index contributed by atoms with van der Waals surface area (Å²) in [6, 6.07) is 0. The Morgan fingerprint density at radius 3 is 2.88 bits per heavy atom. The zero-order valence-corrected chi connectivity index (χ0v) is 4.22. The summed E-state index contributed by atoms with van der Waals surface area (Å²) < 4.78 is 0. The first-order valence-corrected chi connectivity index (χ1v) is 2.27. The number of carbonyl (C=O) groups is 1. The number of aliphatic hydroxyl groups is 1. The number of rotatable bonds is 1. The third kappa shape index (κ3) is 0.840. The van der Waals surface area contributed by atoms with Crippen molar-refractivity contribution in [2.24, 2.45) is 4.99 Å². The van der Waals surface area contributed by atoms with E-state index in [1.165, 1.54) is 0 Å². The third-order valence-corrected chi connectivity index (χ3v) is 0.847. The molecular weight excluding hydrogens is 108 g/mol. The highest BCUT2D eigenvalue weighted by molar-refractivity contribution is 6.04. The van der Waals surface area contributed by atoms with Gasteiger partial charge in [0.1, 0.15) is 19.0 Å². The lowest BCUT2D eigenvalue weighted by Gasteiger charge is -1.90. The molecule has 0 radical (unpaired) electrons. The zero-order valence-electron chi connectivity index (χ0n) is 4.22. The quantitative estimate of drug-likeness (QED) is 0.436. The van der Waals surface area contributed by atoms with Crippen LogP contribution in [0.4, 0.5) is 0 Å². The molecule has 0 saturated carbocycles. The summed E-state index contributed by atoms with van der Waals surface area (Å²) >= 11 is 0. The number of amidine groups is 1. The molecule has 0 aliphatic carbocycles. The van der Waals surface area contributed by atoms with Crippen LogP contribution in [-0.4, -0.2) is 30.0 Å². The van der Waals surface area contributed by atoms with Crippen molar-refractivity contribution < 1.29 is 9.90 Å². The fraction of sp³-hybridized carbons (Fsp3) is 0.500. The minimum atomic E-state index is -0.175. The number of aliphatic imine (C=N–C) groups is 1. The maximum atomic E-state index is 10.3. The average Bonchev–Trinajstić information content (AvgIpc) is 2.14. The monoisotopic (exact) mass is 114 g/mol. The molecule has 0 unspecified atom stereocenters. The predicted molar refractivity (Wildman–Crippen MR) is 27.5 cm³/mol. The minimum Gasteiger partial charge on any atom is -0.388 e. The van der Waals surface area contributed by atoms with E-state index in [2.05, 4.69) is 10.3 Å². The van der Waals surface area contributed by atoms with Gasteiger partial charge in [0.15, 0.2) is 0 Å². The van der Waals surface area contributed by atoms with Gasteiger partial charge >= 0.3 is 0 Å². The van der Waals surface area contributed by atoms with Gasteiger partial charge in [-0.3, -0.25) is 9.79 Å². The van der Waals surface area contributed by atoms with E-state index in [1.54, 1.807) is 0 Å². The smallest absolute Gasteiger partial charge is 0.247 e. The van der Waals surface area contributed by atoms with Crippen molar-refractivity contribution in [2.75, 3.05) is 13.2 Å². The Morgan fingerprint density at radius 1 is 1.88 bits per heavy atom. The van der Waals surface area contributed by atoms with Crippen molar-refractivity contribution in [3.8, 4) is 0 Å². The second kappa shape index (κ2) is 1.92. The molecule has 0 aromatic rings. The molecule has 1 heterocycles. The topological polar surface area (TPSA) is 61.7 Å². The van der Waals surface area contributed by atoms with Crippen LogP contribution in [0.15, 0.2) is 4.99 Å². The van der Waals surface area contributed by atoms with Gasteiger partial charge in [0.2, 0.25) is 5.91 Å². The van der Waals surface area contributed by atoms with E-state index < -0.39 is 0 Å². The largest absolute Gasteiger partial charge is 0.388 e. The Labute approximate surface area is 46.2 Å². The number of nitrogens with one attached hydrogen (secondary N) is 1. The first kappa shape index (κ1) is 5.24. The predicted octanol–water partition coefficient (Wildman–Crippen LogP) is -1.49. The molecule has 1 aliphatic heterocycles. The lowest BCUT2D eigenvalue weighted by Crippen LogP contribution is -2.26. The molecule has 1 amide bonds. The maximum absolute atomic E-state index is 10.3. The Morgan fingerprint density at radius 2 is 2.62 bits per heavy atom. The van der Waals surface area contributed by atoms with Crippen LogP contribution in [0, 0.1) is 0 Å². The summed E-state index contributed by atoms with van der Waals surface area (Å²) in [5.41, 5.74) is 0. The van der Waals surface area contributed by atoms with Gasteiger partial charge < -0.3 is 10.4 Å². The van der Waals surface area contributed by atoms with Crippen molar-refractivity contribution in [3.63, 3.8) is 0 Å². The standard InChI is InChI=1S/C4H6N2O2/c7-2-3-5-1-4(8)6-3/h7H,1-2H2,(H,5,6,8). The van der Waals surface area contributed by atoms with Gasteiger partial charge in [0.05, 0.1) is 0 Å². The van der Waals surface area contributed by atoms with Crippen LogP contribution >= 0.6 is 0 Å². The Kier molecular flexibility index (Phi) is 1.26. The number of nitrogens with zero attached hydrogens (tertiary/aromatic N) is 1. The van der Waals surface area contributed by atoms with Crippen LogP contribution in [0.1, 0.15) is 0 Å². The summed E-state index contributed by atoms with van der Waals surface area (Å²) in [5.74, 6) is 0.226. The first-order valence-electron chi connectivity index (χ1n) is 2.27. The number of carbonyl (C=O) groups excluding carboxylic acids is 1. The molecule has 0 aromatic carbocycles. The molecule has 0 spiro atoms. The van der Waals surface area contributed by atoms with Gasteiger partial charge in [-0.2, -0.15) is 0 Å². The molecule has 1 rings (SSSR count). The van der Waals surface area contributed by atoms with Crippen LogP contribution in [0.5, 0.6) is 0 Å². The van der Waals surface area contributed by atoms with Crippen LogP contribution in [0.25, 0.3) is 0 Å². The lowest BCUT2D eigenvalue weighted by atomic mass is 10.6. The molecule has 1 aliphatic rings. The molecule has 44 valence electrons. The highest BCUT2D eigenvalue weighted by atomic mass is 16.3. The van der Waals surface area contributed by atoms with Gasteiger partial charge in [0, 0.05) is 0 Å². The number of amides is 1. The molecular formula is C4H6N2O2. The summed E-state index contributed by atoms with van der Waals surface area (Å²) in [6.45, 7) is -0.0123. The van der Waals surface area contributed by atoms with E-state index in [-0.39, 0.29) is 19.1 Å². The van der Waals surface area contributed by atoms with Crippen LogP contribution < -0.4 is 5.32 Å². The van der Waals surface area contributed by atoms with E-state index in [0.717, 1.165) is 0 Å². The van der Waals surface area contributed by atoms with Crippen molar-refractivity contribution >= 4 is 11.7 Å². The van der Waals surface area contributed by atoms with Crippen molar-refractivity contribution in [1.82, 2.24) is 5.32 Å². The van der Waals surface area contributed by atoms with Gasteiger partial charge in [-0.25, -0.2) is 0 Å². The lowest BCUT2D eigenvalue weighted by molar-refractivity contribution is -0.117. The third-order valence-electron chi connectivity index (χ3n) is 0.847. The number of hydrogen-bond donors (Lipinski definition) is 2. The molecule has 2 N–H and O–H groups in total. The number of aliphatic hydroxyl groups excluding tert-OH is 1. The second-order valence-electron chi connectivity index (χ2n) is 1.47. The molecule has 0 saturated heterocycles. The van der Waals surface area contributed by atoms with E-state index in [4.69, 9.17) is 5.11 Å². The van der Waals surface area contributed by atoms with E-state index in [0.29, 0.717) is 5.84 Å². The Hall–Kier alpha value is -0.900. The maximum Gasteiger partial charge on any atom is 0.247 e. The summed E-state index contributed by atoms with van der Waals surface area (Å²) in [4.78, 5) is 13.9. The van der Waals surface area contributed by atoms with Crippen molar-refractivity contribution in [1.29, 1.82) is 0 Å². The van der Waals surface area contributed by atoms with Crippen LogP contribution in [-0.2, 0) is 4.79 Å². The van der Waals surface area contributed by atoms with Gasteiger partial charge in [-0.05, 0) is 0 Å². The number of hydrogen-bond acceptors (Lipinski definition) is 3. The SMILES string of the molecule is O=C1CN=C(CO)N1. The molecule has 0 bridgehead atoms. The summed E-state index contributed by atoms with van der Waals surface area (Å²) in [5, 5.41) is 10.7. The second-order valence-corrected chi connectivity index (χ2v) is 1.47. The molecule has 8 heavy (non-hydrogen) atoms. The summed E-state index contributed by atoms with van der Waals surface area (Å²) in [7, 11) is 0. The molecule has 0 atom stereocenters. The minimum absolute atomic E-state index is 0.144. The van der Waals surface area contributed by atoms with E-state index in [1.807, 2.05) is 0 Å². The first-order chi connectivity index (χ1) is 3.83. The molecule has 0 aromatic heterocycles. The van der Waals surface area contributed by atoms with Crippen LogP contribution in [0.3, 0.4) is 0 Å². The molecule has 0 fully saturated rings. The molecule has 4 heteroatoms. The van der Waals surface area contributed by atoms with Crippen molar-refractivity contribution in [2.45, 2.75) is 0 Å². The van der Waals surface area contributed by atoms with Crippen LogP contribution in [0.2, 0.25) is 0 Å². The Balaban J connectivity index is 2.49. The summed E-state index contributed by atoms with van der Waals surface area (Å²) in [6.07, 6.45) is 0. The Bertz CT molecular complexity index is 141. The normalized spacial score (nSPS) is 18.1. The zero-order chi connectivity index (χ0) is 5.98. The van der Waals surface area contributed by atoms with Gasteiger partial charge in [-0.15, -0.1) is 0 Å². The average molecular weight is 114 g/mol. The fourth-order valence-corrected chi connectivity index (χ4v) is 0.497. The molecule has 4 nitrogen and oxygen atoms in total. The highest BCUT2D eigenvalue weighted by Gasteiger charge is 2.10. The highest BCUT2D eigenvalue weighted by Crippen LogP contribution is 1.83.